The molecule has 0 aromatic carbocycles. The lowest BCUT2D eigenvalue weighted by atomic mass is 10.5. The summed E-state index contributed by atoms with van der Waals surface area (Å²) in [6.45, 7) is 1.99. The molecule has 8 heteroatoms. The molecule has 1 aromatic heterocycles. The van der Waals surface area contributed by atoms with Gasteiger partial charge in [-0.15, -0.1) is 0 Å². The quantitative estimate of drug-likeness (QED) is 0.483. The van der Waals surface area contributed by atoms with E-state index < -0.39 is 10.0 Å². The first kappa shape index (κ1) is 11.2. The summed E-state index contributed by atoms with van der Waals surface area (Å²) in [7, 11) is -3.50. The highest BCUT2D eigenvalue weighted by Crippen LogP contribution is 2.30. The summed E-state index contributed by atoms with van der Waals surface area (Å²) >= 11 is 0. The van der Waals surface area contributed by atoms with Crippen molar-refractivity contribution < 1.29 is 8.42 Å². The second-order valence-corrected chi connectivity index (χ2v) is 5.54. The van der Waals surface area contributed by atoms with E-state index in [0.29, 0.717) is 5.92 Å². The average molecular weight is 243 g/mol. The summed E-state index contributed by atoms with van der Waals surface area (Å²) < 4.78 is 26.1. The van der Waals surface area contributed by atoms with Crippen molar-refractivity contribution >= 4 is 16.0 Å². The molecule has 0 bridgehead atoms. The van der Waals surface area contributed by atoms with Crippen LogP contribution in [0.5, 0.6) is 0 Å². The van der Waals surface area contributed by atoms with Gasteiger partial charge in [0.05, 0.1) is 12.4 Å². The third-order valence-corrected chi connectivity index (χ3v) is 3.93. The summed E-state index contributed by atoms with van der Waals surface area (Å²) in [4.78, 5) is 7.53. The maximum Gasteiger partial charge on any atom is 0.243 e. The van der Waals surface area contributed by atoms with Gasteiger partial charge in [0.2, 0.25) is 16.0 Å². The number of nitrogens with zero attached hydrogens (tertiary/aromatic N) is 2. The molecule has 2 rings (SSSR count). The first-order valence-corrected chi connectivity index (χ1v) is 6.32. The normalized spacial score (nSPS) is 24.1. The van der Waals surface area contributed by atoms with Crippen molar-refractivity contribution in [2.24, 2.45) is 11.8 Å². The monoisotopic (exact) mass is 243 g/mol. The summed E-state index contributed by atoms with van der Waals surface area (Å²) in [5.74, 6) is 5.66. The summed E-state index contributed by atoms with van der Waals surface area (Å²) in [6.07, 6.45) is 3.32. The van der Waals surface area contributed by atoms with E-state index in [9.17, 15) is 8.42 Å². The SMILES string of the molecule is CC1CC1NS(=O)(=O)c1cnc(NN)nc1. The Morgan fingerprint density at radius 1 is 1.44 bits per heavy atom. The number of nitrogens with two attached hydrogens (primary N) is 1. The Morgan fingerprint density at radius 2 is 2.00 bits per heavy atom. The Bertz CT molecular complexity index is 472. The van der Waals surface area contributed by atoms with Crippen LogP contribution in [-0.2, 0) is 10.0 Å². The lowest BCUT2D eigenvalue weighted by molar-refractivity contribution is 0.577. The molecule has 0 radical (unpaired) electrons. The van der Waals surface area contributed by atoms with Gasteiger partial charge in [0.25, 0.3) is 0 Å². The number of aromatic nitrogens is 2. The number of rotatable bonds is 4. The number of nitrogen functional groups attached to an aromatic ring is 1. The van der Waals surface area contributed by atoms with Gasteiger partial charge in [-0.05, 0) is 12.3 Å². The zero-order valence-electron chi connectivity index (χ0n) is 8.71. The van der Waals surface area contributed by atoms with Crippen LogP contribution in [0.2, 0.25) is 0 Å². The topological polar surface area (TPSA) is 110 Å². The van der Waals surface area contributed by atoms with Gasteiger partial charge in [0.15, 0.2) is 0 Å². The first-order valence-electron chi connectivity index (χ1n) is 4.84. The smallest absolute Gasteiger partial charge is 0.243 e. The highest BCUT2D eigenvalue weighted by molar-refractivity contribution is 7.89. The van der Waals surface area contributed by atoms with Gasteiger partial charge in [0, 0.05) is 6.04 Å². The van der Waals surface area contributed by atoms with Crippen molar-refractivity contribution in [1.82, 2.24) is 14.7 Å². The molecule has 2 unspecified atom stereocenters. The van der Waals surface area contributed by atoms with Crippen LogP contribution < -0.4 is 16.0 Å². The highest BCUT2D eigenvalue weighted by Gasteiger charge is 2.36. The van der Waals surface area contributed by atoms with Crippen LogP contribution in [0, 0.1) is 5.92 Å². The molecule has 16 heavy (non-hydrogen) atoms. The Labute approximate surface area is 93.5 Å². The Morgan fingerprint density at radius 3 is 2.44 bits per heavy atom. The van der Waals surface area contributed by atoms with Gasteiger partial charge in [-0.1, -0.05) is 6.92 Å². The average Bonchev–Trinajstić information content (AvgIpc) is 2.93. The van der Waals surface area contributed by atoms with Gasteiger partial charge in [-0.2, -0.15) is 0 Å². The second kappa shape index (κ2) is 3.96. The highest BCUT2D eigenvalue weighted by atomic mass is 32.2. The van der Waals surface area contributed by atoms with E-state index in [1.54, 1.807) is 0 Å². The number of anilines is 1. The van der Waals surface area contributed by atoms with Crippen LogP contribution in [0.25, 0.3) is 0 Å². The molecule has 1 aliphatic rings. The fourth-order valence-electron chi connectivity index (χ4n) is 1.28. The van der Waals surface area contributed by atoms with Crippen LogP contribution in [-0.4, -0.2) is 24.4 Å². The van der Waals surface area contributed by atoms with E-state index >= 15 is 0 Å². The van der Waals surface area contributed by atoms with Crippen LogP contribution in [0.15, 0.2) is 17.3 Å². The molecule has 1 aliphatic carbocycles. The minimum atomic E-state index is -3.50. The molecule has 0 amide bonds. The molecule has 1 aromatic rings. The van der Waals surface area contributed by atoms with Gasteiger partial charge in [0.1, 0.15) is 4.90 Å². The minimum Gasteiger partial charge on any atom is -0.292 e. The lowest BCUT2D eigenvalue weighted by Crippen LogP contribution is -2.27. The van der Waals surface area contributed by atoms with Gasteiger partial charge < -0.3 is 0 Å². The van der Waals surface area contributed by atoms with E-state index in [4.69, 9.17) is 5.84 Å². The van der Waals surface area contributed by atoms with Crippen molar-refractivity contribution in [3.63, 3.8) is 0 Å². The third kappa shape index (κ3) is 2.29. The third-order valence-electron chi connectivity index (χ3n) is 2.48. The molecule has 1 saturated carbocycles. The molecule has 4 N–H and O–H groups in total. The Balaban J connectivity index is 2.15. The minimum absolute atomic E-state index is 0.0392. The molecule has 7 nitrogen and oxygen atoms in total. The molecule has 0 aliphatic heterocycles. The largest absolute Gasteiger partial charge is 0.292 e. The molecule has 0 spiro atoms. The van der Waals surface area contributed by atoms with E-state index in [2.05, 4.69) is 20.1 Å². The standard InChI is InChI=1S/C8H13N5O2S/c1-5-2-7(5)13-16(14,15)6-3-10-8(12-9)11-4-6/h3-5,7,13H,2,9H2,1H3,(H,10,11,12). The first-order chi connectivity index (χ1) is 7.53. The predicted molar refractivity (Wildman–Crippen MR) is 57.7 cm³/mol. The number of nitrogens with one attached hydrogen (secondary N) is 2. The molecular formula is C8H13N5O2S. The number of hydrogen-bond donors (Lipinski definition) is 3. The zero-order chi connectivity index (χ0) is 11.8. The van der Waals surface area contributed by atoms with Crippen molar-refractivity contribution in [1.29, 1.82) is 0 Å². The Hall–Kier alpha value is -1.25. The molecule has 2 atom stereocenters. The van der Waals surface area contributed by atoms with E-state index in [0.717, 1.165) is 6.42 Å². The predicted octanol–water partition coefficient (Wildman–Crippen LogP) is -0.551. The number of hydrogen-bond acceptors (Lipinski definition) is 6. The van der Waals surface area contributed by atoms with Gasteiger partial charge >= 0.3 is 0 Å². The van der Waals surface area contributed by atoms with Crippen LogP contribution in [0.1, 0.15) is 13.3 Å². The van der Waals surface area contributed by atoms with Crippen molar-refractivity contribution in [3.05, 3.63) is 12.4 Å². The van der Waals surface area contributed by atoms with Crippen LogP contribution >= 0.6 is 0 Å². The second-order valence-electron chi connectivity index (χ2n) is 3.83. The maximum absolute atomic E-state index is 11.8. The summed E-state index contributed by atoms with van der Waals surface area (Å²) in [5, 5.41) is 0. The summed E-state index contributed by atoms with van der Waals surface area (Å²) in [5.41, 5.74) is 2.23. The fourth-order valence-corrected chi connectivity index (χ4v) is 2.53. The van der Waals surface area contributed by atoms with Gasteiger partial charge in [-0.25, -0.2) is 29.0 Å². The van der Waals surface area contributed by atoms with Crippen LogP contribution in [0.3, 0.4) is 0 Å². The zero-order valence-corrected chi connectivity index (χ0v) is 9.53. The molecule has 88 valence electrons. The Kier molecular flexibility index (Phi) is 2.78. The van der Waals surface area contributed by atoms with Crippen LogP contribution in [0.4, 0.5) is 5.95 Å². The maximum atomic E-state index is 11.8. The van der Waals surface area contributed by atoms with Crippen molar-refractivity contribution in [2.75, 3.05) is 5.43 Å². The summed E-state index contributed by atoms with van der Waals surface area (Å²) in [6, 6.07) is 0.0392. The number of sulfonamides is 1. The van der Waals surface area contributed by atoms with Crippen molar-refractivity contribution in [3.8, 4) is 0 Å². The molecule has 1 fully saturated rings. The van der Waals surface area contributed by atoms with Gasteiger partial charge in [-0.3, -0.25) is 5.43 Å². The molecular weight excluding hydrogens is 230 g/mol. The number of hydrazine groups is 1. The fraction of sp³-hybridized carbons (Fsp3) is 0.500. The van der Waals surface area contributed by atoms with Crippen molar-refractivity contribution in [2.45, 2.75) is 24.3 Å². The molecule has 0 saturated heterocycles. The van der Waals surface area contributed by atoms with E-state index in [1.807, 2.05) is 6.92 Å². The van der Waals surface area contributed by atoms with E-state index in [1.165, 1.54) is 12.4 Å². The molecule has 1 heterocycles. The lowest BCUT2D eigenvalue weighted by Gasteiger charge is -2.05. The van der Waals surface area contributed by atoms with E-state index in [-0.39, 0.29) is 16.9 Å².